The second-order valence-electron chi connectivity index (χ2n) is 6.79. The molecule has 0 radical (unpaired) electrons. The molecular weight excluding hydrogens is 310 g/mol. The summed E-state index contributed by atoms with van der Waals surface area (Å²) in [4.78, 5) is 26.0. The fourth-order valence-electron chi connectivity index (χ4n) is 2.78. The van der Waals surface area contributed by atoms with Crippen molar-refractivity contribution >= 4 is 11.8 Å². The van der Waals surface area contributed by atoms with Gasteiger partial charge in [0.15, 0.2) is 0 Å². The number of benzene rings is 1. The van der Waals surface area contributed by atoms with Crippen molar-refractivity contribution in [1.29, 1.82) is 0 Å². The number of carbonyl (C=O) groups is 2. The highest BCUT2D eigenvalue weighted by Gasteiger charge is 2.32. The van der Waals surface area contributed by atoms with E-state index in [1.807, 2.05) is 42.5 Å². The van der Waals surface area contributed by atoms with Crippen molar-refractivity contribution in [3.8, 4) is 0 Å². The first-order chi connectivity index (χ1) is 12.0. The van der Waals surface area contributed by atoms with Crippen LogP contribution >= 0.6 is 0 Å². The number of likely N-dealkylation sites (tertiary alicyclic amines) is 1. The largest absolute Gasteiger partial charge is 0.278 e. The zero-order chi connectivity index (χ0) is 18.2. The molecule has 1 heterocycles. The molecule has 0 spiro atoms. The number of allylic oxidation sites excluding steroid dienone is 5. The van der Waals surface area contributed by atoms with Gasteiger partial charge in [-0.3, -0.25) is 14.5 Å². The Morgan fingerprint density at radius 3 is 2.52 bits per heavy atom. The molecule has 1 aromatic carbocycles. The van der Waals surface area contributed by atoms with Crippen LogP contribution in [0.2, 0.25) is 0 Å². The van der Waals surface area contributed by atoms with E-state index in [1.54, 1.807) is 0 Å². The second-order valence-corrected chi connectivity index (χ2v) is 6.79. The maximum atomic E-state index is 12.5. The van der Waals surface area contributed by atoms with Crippen molar-refractivity contribution in [1.82, 2.24) is 4.90 Å². The summed E-state index contributed by atoms with van der Waals surface area (Å²) in [6.45, 7) is 6.69. The number of carbonyl (C=O) groups excluding carboxylic acids is 2. The van der Waals surface area contributed by atoms with Crippen LogP contribution in [-0.4, -0.2) is 23.3 Å². The van der Waals surface area contributed by atoms with E-state index in [0.717, 1.165) is 18.4 Å². The number of rotatable bonds is 7. The molecular formula is C22H27NO2. The summed E-state index contributed by atoms with van der Waals surface area (Å²) in [5, 5.41) is 0. The van der Waals surface area contributed by atoms with E-state index in [0.29, 0.717) is 18.5 Å². The first-order valence-electron chi connectivity index (χ1n) is 8.85. The van der Waals surface area contributed by atoms with Crippen molar-refractivity contribution in [2.45, 2.75) is 46.5 Å². The average molecular weight is 337 g/mol. The van der Waals surface area contributed by atoms with E-state index in [4.69, 9.17) is 0 Å². The Morgan fingerprint density at radius 2 is 1.84 bits per heavy atom. The average Bonchev–Trinajstić information content (AvgIpc) is 2.85. The molecule has 0 atom stereocenters. The Bertz CT molecular complexity index is 707. The van der Waals surface area contributed by atoms with Gasteiger partial charge in [-0.05, 0) is 45.6 Å². The summed E-state index contributed by atoms with van der Waals surface area (Å²) < 4.78 is 0. The van der Waals surface area contributed by atoms with E-state index in [2.05, 4.69) is 26.8 Å². The van der Waals surface area contributed by atoms with Crippen molar-refractivity contribution in [2.75, 3.05) is 6.54 Å². The summed E-state index contributed by atoms with van der Waals surface area (Å²) in [5.41, 5.74) is 4.26. The smallest absolute Gasteiger partial charge is 0.256 e. The molecule has 0 aromatic heterocycles. The lowest BCUT2D eigenvalue weighted by Crippen LogP contribution is -2.31. The van der Waals surface area contributed by atoms with Crippen molar-refractivity contribution < 1.29 is 9.59 Å². The van der Waals surface area contributed by atoms with Gasteiger partial charge in [0.2, 0.25) is 5.91 Å². The monoisotopic (exact) mass is 337 g/mol. The number of nitrogens with zero attached hydrogens (tertiary/aromatic N) is 1. The van der Waals surface area contributed by atoms with Gasteiger partial charge < -0.3 is 0 Å². The minimum Gasteiger partial charge on any atom is -0.278 e. The molecule has 1 aliphatic rings. The number of hydrogen-bond donors (Lipinski definition) is 0. The van der Waals surface area contributed by atoms with Gasteiger partial charge in [0.25, 0.3) is 5.91 Å². The molecule has 3 heteroatoms. The van der Waals surface area contributed by atoms with Gasteiger partial charge in [0, 0.05) is 12.1 Å². The summed E-state index contributed by atoms with van der Waals surface area (Å²) in [7, 11) is 0. The van der Waals surface area contributed by atoms with Crippen LogP contribution in [0.15, 0.2) is 65.3 Å². The van der Waals surface area contributed by atoms with Gasteiger partial charge >= 0.3 is 0 Å². The molecule has 0 N–H and O–H groups in total. The van der Waals surface area contributed by atoms with Crippen LogP contribution in [0.4, 0.5) is 0 Å². The number of hydrogen-bond acceptors (Lipinski definition) is 2. The lowest BCUT2D eigenvalue weighted by molar-refractivity contribution is -0.137. The first-order valence-corrected chi connectivity index (χ1v) is 8.85. The molecule has 1 saturated heterocycles. The van der Waals surface area contributed by atoms with E-state index < -0.39 is 0 Å². The Kier molecular flexibility index (Phi) is 6.93. The van der Waals surface area contributed by atoms with E-state index in [9.17, 15) is 9.59 Å². The van der Waals surface area contributed by atoms with Crippen LogP contribution in [0.1, 0.15) is 45.6 Å². The Morgan fingerprint density at radius 1 is 1.12 bits per heavy atom. The SMILES string of the molecule is CC(C)=CCCC(C)=CC=C1CC(=O)N(CCc2ccccc2)C1=O. The normalized spacial score (nSPS) is 16.7. The molecule has 2 rings (SSSR count). The molecule has 25 heavy (non-hydrogen) atoms. The molecule has 0 bridgehead atoms. The Hall–Kier alpha value is -2.42. The number of amides is 2. The van der Waals surface area contributed by atoms with Crippen LogP contribution in [0.25, 0.3) is 0 Å². The van der Waals surface area contributed by atoms with Crippen molar-refractivity contribution in [3.63, 3.8) is 0 Å². The standard InChI is InChI=1S/C22H27NO2/c1-17(2)8-7-9-18(3)12-13-20-16-21(24)23(22(20)25)15-14-19-10-5-4-6-11-19/h4-6,8,10-13H,7,9,14-16H2,1-3H3. The predicted octanol–water partition coefficient (Wildman–Crippen LogP) is 4.61. The van der Waals surface area contributed by atoms with Gasteiger partial charge in [0.05, 0.1) is 6.42 Å². The molecule has 0 aliphatic carbocycles. The Labute approximate surface area is 150 Å². The van der Waals surface area contributed by atoms with Crippen LogP contribution in [0.3, 0.4) is 0 Å². The third-order valence-electron chi connectivity index (χ3n) is 4.29. The van der Waals surface area contributed by atoms with E-state index >= 15 is 0 Å². The molecule has 132 valence electrons. The van der Waals surface area contributed by atoms with E-state index in [-0.39, 0.29) is 18.2 Å². The van der Waals surface area contributed by atoms with Crippen LogP contribution in [-0.2, 0) is 16.0 Å². The minimum absolute atomic E-state index is 0.0947. The summed E-state index contributed by atoms with van der Waals surface area (Å²) in [5.74, 6) is -0.239. The van der Waals surface area contributed by atoms with Gasteiger partial charge in [-0.1, -0.05) is 59.7 Å². The van der Waals surface area contributed by atoms with Crippen LogP contribution < -0.4 is 0 Å². The lowest BCUT2D eigenvalue weighted by atomic mass is 10.1. The second kappa shape index (κ2) is 9.16. The molecule has 0 unspecified atom stereocenters. The minimum atomic E-state index is -0.144. The van der Waals surface area contributed by atoms with E-state index in [1.165, 1.54) is 16.0 Å². The van der Waals surface area contributed by atoms with Gasteiger partial charge in [-0.15, -0.1) is 0 Å². The van der Waals surface area contributed by atoms with Gasteiger partial charge in [0.1, 0.15) is 0 Å². The third-order valence-corrected chi connectivity index (χ3v) is 4.29. The molecule has 1 aromatic rings. The Balaban J connectivity index is 1.94. The number of imide groups is 1. The fraction of sp³-hybridized carbons (Fsp3) is 0.364. The zero-order valence-electron chi connectivity index (χ0n) is 15.4. The first kappa shape index (κ1) is 18.9. The molecule has 2 amide bonds. The predicted molar refractivity (Wildman–Crippen MR) is 102 cm³/mol. The topological polar surface area (TPSA) is 37.4 Å². The van der Waals surface area contributed by atoms with Crippen molar-refractivity contribution in [3.05, 3.63) is 70.8 Å². The highest BCUT2D eigenvalue weighted by atomic mass is 16.2. The van der Waals surface area contributed by atoms with Gasteiger partial charge in [-0.25, -0.2) is 0 Å². The third kappa shape index (κ3) is 5.86. The van der Waals surface area contributed by atoms with Crippen LogP contribution in [0, 0.1) is 0 Å². The quantitative estimate of drug-likeness (QED) is 0.414. The molecule has 0 saturated carbocycles. The molecule has 1 aliphatic heterocycles. The highest BCUT2D eigenvalue weighted by molar-refractivity contribution is 6.13. The molecule has 3 nitrogen and oxygen atoms in total. The zero-order valence-corrected chi connectivity index (χ0v) is 15.4. The fourth-order valence-corrected chi connectivity index (χ4v) is 2.78. The maximum Gasteiger partial charge on any atom is 0.256 e. The van der Waals surface area contributed by atoms with Crippen LogP contribution in [0.5, 0.6) is 0 Å². The maximum absolute atomic E-state index is 12.5. The lowest BCUT2D eigenvalue weighted by Gasteiger charge is -2.13. The summed E-state index contributed by atoms with van der Waals surface area (Å²) in [6, 6.07) is 9.93. The highest BCUT2D eigenvalue weighted by Crippen LogP contribution is 2.20. The summed E-state index contributed by atoms with van der Waals surface area (Å²) in [6.07, 6.45) is 8.88. The van der Waals surface area contributed by atoms with Gasteiger partial charge in [-0.2, -0.15) is 0 Å². The summed E-state index contributed by atoms with van der Waals surface area (Å²) >= 11 is 0. The van der Waals surface area contributed by atoms with Crippen molar-refractivity contribution in [2.24, 2.45) is 0 Å². The molecule has 1 fully saturated rings.